The van der Waals surface area contributed by atoms with E-state index in [2.05, 4.69) is 20.7 Å². The number of aromatic nitrogens is 3. The number of hydrogen-bond donors (Lipinski definition) is 3. The molecular formula is C16H21N5O2. The van der Waals surface area contributed by atoms with Crippen LogP contribution in [0, 0.1) is 0 Å². The molecule has 3 rings (SSSR count). The Morgan fingerprint density at radius 3 is 2.74 bits per heavy atom. The summed E-state index contributed by atoms with van der Waals surface area (Å²) in [5.74, 6) is 0. The SMILES string of the molecule is O=C(NCc1ccc(-n2cncn2)cc1)NC1CCCCC1O. The maximum Gasteiger partial charge on any atom is 0.315 e. The molecule has 2 atom stereocenters. The molecule has 1 fully saturated rings. The highest BCUT2D eigenvalue weighted by Crippen LogP contribution is 2.18. The molecule has 1 heterocycles. The molecule has 0 radical (unpaired) electrons. The highest BCUT2D eigenvalue weighted by Gasteiger charge is 2.24. The summed E-state index contributed by atoms with van der Waals surface area (Å²) in [5.41, 5.74) is 1.91. The van der Waals surface area contributed by atoms with Crippen LogP contribution in [-0.2, 0) is 6.54 Å². The minimum atomic E-state index is -0.434. The van der Waals surface area contributed by atoms with Gasteiger partial charge in [-0.05, 0) is 30.5 Å². The Balaban J connectivity index is 1.49. The monoisotopic (exact) mass is 315 g/mol. The first kappa shape index (κ1) is 15.5. The summed E-state index contributed by atoms with van der Waals surface area (Å²) in [6.45, 7) is 0.437. The van der Waals surface area contributed by atoms with Crippen LogP contribution in [0.3, 0.4) is 0 Å². The van der Waals surface area contributed by atoms with Gasteiger partial charge in [-0.1, -0.05) is 25.0 Å². The van der Waals surface area contributed by atoms with Gasteiger partial charge in [-0.2, -0.15) is 5.10 Å². The van der Waals surface area contributed by atoms with Gasteiger partial charge in [0.15, 0.2) is 0 Å². The van der Waals surface area contributed by atoms with Gasteiger partial charge in [-0.15, -0.1) is 0 Å². The predicted octanol–water partition coefficient (Wildman–Crippen LogP) is 1.37. The maximum absolute atomic E-state index is 11.9. The Hall–Kier alpha value is -2.41. The van der Waals surface area contributed by atoms with Crippen molar-refractivity contribution in [1.29, 1.82) is 0 Å². The highest BCUT2D eigenvalue weighted by atomic mass is 16.3. The molecule has 1 saturated carbocycles. The lowest BCUT2D eigenvalue weighted by molar-refractivity contribution is 0.0943. The molecule has 1 aliphatic rings. The molecule has 2 amide bonds. The van der Waals surface area contributed by atoms with Crippen LogP contribution >= 0.6 is 0 Å². The molecule has 122 valence electrons. The van der Waals surface area contributed by atoms with Crippen molar-refractivity contribution in [1.82, 2.24) is 25.4 Å². The number of aliphatic hydroxyl groups excluding tert-OH is 1. The van der Waals surface area contributed by atoms with Crippen LogP contribution in [0.1, 0.15) is 31.2 Å². The molecule has 7 heteroatoms. The molecule has 0 bridgehead atoms. The Morgan fingerprint density at radius 1 is 1.26 bits per heavy atom. The first-order valence-corrected chi connectivity index (χ1v) is 7.89. The van der Waals surface area contributed by atoms with Crippen molar-refractivity contribution >= 4 is 6.03 Å². The van der Waals surface area contributed by atoms with Crippen molar-refractivity contribution in [2.24, 2.45) is 0 Å². The van der Waals surface area contributed by atoms with Gasteiger partial charge in [-0.3, -0.25) is 0 Å². The molecule has 0 aliphatic heterocycles. The highest BCUT2D eigenvalue weighted by molar-refractivity contribution is 5.74. The third-order valence-electron chi connectivity index (χ3n) is 4.12. The van der Waals surface area contributed by atoms with E-state index in [1.54, 1.807) is 11.0 Å². The number of carbonyl (C=O) groups is 1. The van der Waals surface area contributed by atoms with Crippen LogP contribution in [0.15, 0.2) is 36.9 Å². The number of rotatable bonds is 4. The van der Waals surface area contributed by atoms with E-state index in [4.69, 9.17) is 0 Å². The molecule has 2 unspecified atom stereocenters. The summed E-state index contributed by atoms with van der Waals surface area (Å²) < 4.78 is 1.67. The van der Waals surface area contributed by atoms with Crippen molar-refractivity contribution in [3.05, 3.63) is 42.5 Å². The molecule has 2 aromatic rings. The van der Waals surface area contributed by atoms with Gasteiger partial charge >= 0.3 is 6.03 Å². The van der Waals surface area contributed by atoms with Crippen LogP contribution in [-0.4, -0.2) is 38.0 Å². The van der Waals surface area contributed by atoms with Gasteiger partial charge in [-0.25, -0.2) is 14.5 Å². The minimum Gasteiger partial charge on any atom is -0.391 e. The second-order valence-corrected chi connectivity index (χ2v) is 5.79. The number of urea groups is 1. The van der Waals surface area contributed by atoms with Gasteiger partial charge in [0.2, 0.25) is 0 Å². The zero-order valence-corrected chi connectivity index (χ0v) is 12.9. The Labute approximate surface area is 134 Å². The lowest BCUT2D eigenvalue weighted by atomic mass is 9.93. The normalized spacial score (nSPS) is 20.9. The predicted molar refractivity (Wildman–Crippen MR) is 85.0 cm³/mol. The van der Waals surface area contributed by atoms with Gasteiger partial charge in [0.1, 0.15) is 12.7 Å². The lowest BCUT2D eigenvalue weighted by Gasteiger charge is -2.28. The van der Waals surface area contributed by atoms with Crippen LogP contribution < -0.4 is 10.6 Å². The summed E-state index contributed by atoms with van der Waals surface area (Å²) in [6.07, 6.45) is 6.35. The quantitative estimate of drug-likeness (QED) is 0.794. The van der Waals surface area contributed by atoms with E-state index >= 15 is 0 Å². The number of carbonyl (C=O) groups excluding carboxylic acids is 1. The van der Waals surface area contributed by atoms with Crippen LogP contribution in [0.5, 0.6) is 0 Å². The third kappa shape index (κ3) is 4.07. The Morgan fingerprint density at radius 2 is 2.04 bits per heavy atom. The van der Waals surface area contributed by atoms with E-state index in [0.29, 0.717) is 6.54 Å². The molecule has 1 aliphatic carbocycles. The summed E-state index contributed by atoms with van der Waals surface area (Å²) in [4.78, 5) is 15.8. The smallest absolute Gasteiger partial charge is 0.315 e. The summed E-state index contributed by atoms with van der Waals surface area (Å²) in [6, 6.07) is 7.34. The van der Waals surface area contributed by atoms with Crippen molar-refractivity contribution in [3.8, 4) is 5.69 Å². The van der Waals surface area contributed by atoms with Crippen LogP contribution in [0.2, 0.25) is 0 Å². The van der Waals surface area contributed by atoms with Gasteiger partial charge < -0.3 is 15.7 Å². The van der Waals surface area contributed by atoms with Gasteiger partial charge in [0, 0.05) is 6.54 Å². The zero-order chi connectivity index (χ0) is 16.1. The fourth-order valence-electron chi connectivity index (χ4n) is 2.79. The van der Waals surface area contributed by atoms with Crippen LogP contribution in [0.4, 0.5) is 4.79 Å². The molecular weight excluding hydrogens is 294 g/mol. The van der Waals surface area contributed by atoms with Crippen molar-refractivity contribution < 1.29 is 9.90 Å². The molecule has 7 nitrogen and oxygen atoms in total. The number of nitrogens with one attached hydrogen (secondary N) is 2. The van der Waals surface area contributed by atoms with E-state index in [1.807, 2.05) is 24.3 Å². The average molecular weight is 315 g/mol. The first-order chi connectivity index (χ1) is 11.2. The van der Waals surface area contributed by atoms with Gasteiger partial charge in [0.25, 0.3) is 0 Å². The molecule has 1 aromatic carbocycles. The second kappa shape index (κ2) is 7.23. The Kier molecular flexibility index (Phi) is 4.87. The van der Waals surface area contributed by atoms with E-state index in [0.717, 1.165) is 36.9 Å². The minimum absolute atomic E-state index is 0.140. The molecule has 0 saturated heterocycles. The van der Waals surface area contributed by atoms with Gasteiger partial charge in [0.05, 0.1) is 17.8 Å². The van der Waals surface area contributed by atoms with Crippen molar-refractivity contribution in [3.63, 3.8) is 0 Å². The van der Waals surface area contributed by atoms with E-state index < -0.39 is 6.10 Å². The Bertz CT molecular complexity index is 626. The standard InChI is InChI=1S/C16H21N5O2/c22-15-4-2-1-3-14(15)20-16(23)18-9-12-5-7-13(8-6-12)21-11-17-10-19-21/h5-8,10-11,14-15,22H,1-4,9H2,(H2,18,20,23). The van der Waals surface area contributed by atoms with E-state index in [9.17, 15) is 9.90 Å². The molecule has 23 heavy (non-hydrogen) atoms. The number of aliphatic hydroxyl groups is 1. The number of benzene rings is 1. The van der Waals surface area contributed by atoms with Crippen molar-refractivity contribution in [2.45, 2.75) is 44.4 Å². The third-order valence-corrected chi connectivity index (χ3v) is 4.12. The largest absolute Gasteiger partial charge is 0.391 e. The van der Waals surface area contributed by atoms with Crippen LogP contribution in [0.25, 0.3) is 5.69 Å². The van der Waals surface area contributed by atoms with Crippen molar-refractivity contribution in [2.75, 3.05) is 0 Å². The topological polar surface area (TPSA) is 92.1 Å². The number of hydrogen-bond acceptors (Lipinski definition) is 4. The lowest BCUT2D eigenvalue weighted by Crippen LogP contribution is -2.48. The fourth-order valence-corrected chi connectivity index (χ4v) is 2.79. The zero-order valence-electron chi connectivity index (χ0n) is 12.9. The molecule has 1 aromatic heterocycles. The number of amides is 2. The van der Waals surface area contributed by atoms with E-state index in [-0.39, 0.29) is 12.1 Å². The molecule has 0 spiro atoms. The van der Waals surface area contributed by atoms with E-state index in [1.165, 1.54) is 6.33 Å². The second-order valence-electron chi connectivity index (χ2n) is 5.79. The maximum atomic E-state index is 11.9. The fraction of sp³-hybridized carbons (Fsp3) is 0.438. The summed E-state index contributed by atoms with van der Waals surface area (Å²) >= 11 is 0. The molecule has 3 N–H and O–H groups in total. The number of nitrogens with zero attached hydrogens (tertiary/aromatic N) is 3. The average Bonchev–Trinajstić information content (AvgIpc) is 3.10. The summed E-state index contributed by atoms with van der Waals surface area (Å²) in [5, 5.41) is 19.6. The first-order valence-electron chi connectivity index (χ1n) is 7.89. The summed E-state index contributed by atoms with van der Waals surface area (Å²) in [7, 11) is 0.